The second-order valence-corrected chi connectivity index (χ2v) is 5.17. The first-order valence-corrected chi connectivity index (χ1v) is 6.08. The third kappa shape index (κ3) is 4.17. The summed E-state index contributed by atoms with van der Waals surface area (Å²) < 4.78 is 13.6. The fraction of sp³-hybridized carbons (Fsp3) is 0.417. The van der Waals surface area contributed by atoms with Gasteiger partial charge < -0.3 is 5.32 Å². The first-order valence-electron chi connectivity index (χ1n) is 5.55. The molecule has 0 heterocycles. The van der Waals surface area contributed by atoms with E-state index in [-0.39, 0.29) is 17.5 Å². The van der Waals surface area contributed by atoms with Gasteiger partial charge in [-0.3, -0.25) is 14.9 Å². The third-order valence-corrected chi connectivity index (χ3v) is 3.22. The smallest absolute Gasteiger partial charge is 0.272 e. The molecule has 0 aliphatic rings. The number of rotatable bonds is 5. The summed E-state index contributed by atoms with van der Waals surface area (Å²) in [4.78, 5) is 21.5. The van der Waals surface area contributed by atoms with E-state index in [0.29, 0.717) is 5.88 Å². The molecular weight excluding hydrogens is 275 g/mol. The molecule has 7 heteroatoms. The predicted octanol–water partition coefficient (Wildman–Crippen LogP) is 2.73. The van der Waals surface area contributed by atoms with E-state index in [1.807, 2.05) is 13.8 Å². The van der Waals surface area contributed by atoms with Crippen LogP contribution in [0.4, 0.5) is 10.1 Å². The molecule has 1 rings (SSSR count). The lowest BCUT2D eigenvalue weighted by Crippen LogP contribution is -2.35. The Kier molecular flexibility index (Phi) is 4.83. The standard InChI is InChI=1S/C12H14ClFN2O3/c1-12(2,6-13)7-15-11(17)9-4-3-8(16(18)19)5-10(9)14/h3-5H,6-7H2,1-2H3,(H,15,17). The molecule has 1 amide bonds. The van der Waals surface area contributed by atoms with Crippen LogP contribution in [0.25, 0.3) is 0 Å². The maximum Gasteiger partial charge on any atom is 0.272 e. The Balaban J connectivity index is 2.81. The van der Waals surface area contributed by atoms with Crippen molar-refractivity contribution in [2.75, 3.05) is 12.4 Å². The van der Waals surface area contributed by atoms with Crippen LogP contribution >= 0.6 is 11.6 Å². The lowest BCUT2D eigenvalue weighted by Gasteiger charge is -2.21. The predicted molar refractivity (Wildman–Crippen MR) is 69.9 cm³/mol. The van der Waals surface area contributed by atoms with Crippen molar-refractivity contribution >= 4 is 23.2 Å². The normalized spacial score (nSPS) is 11.2. The summed E-state index contributed by atoms with van der Waals surface area (Å²) in [5, 5.41) is 13.0. The minimum atomic E-state index is -0.921. The Labute approximate surface area is 114 Å². The number of nitrogens with zero attached hydrogens (tertiary/aromatic N) is 1. The molecule has 104 valence electrons. The van der Waals surface area contributed by atoms with E-state index in [2.05, 4.69) is 5.32 Å². The summed E-state index contributed by atoms with van der Waals surface area (Å²) in [6, 6.07) is 2.91. The van der Waals surface area contributed by atoms with Crippen molar-refractivity contribution in [3.63, 3.8) is 0 Å². The van der Waals surface area contributed by atoms with Crippen molar-refractivity contribution in [1.82, 2.24) is 5.32 Å². The first kappa shape index (κ1) is 15.4. The number of carbonyl (C=O) groups excluding carboxylic acids is 1. The number of amides is 1. The van der Waals surface area contributed by atoms with E-state index in [4.69, 9.17) is 11.6 Å². The number of nitro benzene ring substituents is 1. The summed E-state index contributed by atoms with van der Waals surface area (Å²) >= 11 is 5.71. The average molecular weight is 289 g/mol. The number of nitrogens with one attached hydrogen (secondary N) is 1. The molecule has 1 N–H and O–H groups in total. The highest BCUT2D eigenvalue weighted by Gasteiger charge is 2.20. The second kappa shape index (κ2) is 5.97. The molecule has 5 nitrogen and oxygen atoms in total. The Hall–Kier alpha value is -1.69. The third-order valence-electron chi connectivity index (χ3n) is 2.50. The van der Waals surface area contributed by atoms with Crippen LogP contribution in [0.5, 0.6) is 0 Å². The Morgan fingerprint density at radius 1 is 1.53 bits per heavy atom. The fourth-order valence-corrected chi connectivity index (χ4v) is 1.36. The van der Waals surface area contributed by atoms with Crippen LogP contribution < -0.4 is 5.32 Å². The highest BCUT2D eigenvalue weighted by Crippen LogP contribution is 2.18. The lowest BCUT2D eigenvalue weighted by atomic mass is 9.96. The zero-order chi connectivity index (χ0) is 14.6. The van der Waals surface area contributed by atoms with Gasteiger partial charge in [-0.25, -0.2) is 4.39 Å². The van der Waals surface area contributed by atoms with Crippen molar-refractivity contribution in [3.05, 3.63) is 39.7 Å². The molecule has 0 saturated carbocycles. The van der Waals surface area contributed by atoms with Crippen LogP contribution in [0, 0.1) is 21.3 Å². The minimum absolute atomic E-state index is 0.226. The summed E-state index contributed by atoms with van der Waals surface area (Å²) in [7, 11) is 0. The van der Waals surface area contributed by atoms with Gasteiger partial charge in [0.25, 0.3) is 11.6 Å². The van der Waals surface area contributed by atoms with Gasteiger partial charge in [-0.1, -0.05) is 13.8 Å². The largest absolute Gasteiger partial charge is 0.351 e. The molecule has 1 aromatic rings. The molecule has 0 unspecified atom stereocenters. The van der Waals surface area contributed by atoms with E-state index in [0.717, 1.165) is 18.2 Å². The SMILES string of the molecule is CC(C)(CCl)CNC(=O)c1ccc([N+](=O)[O-])cc1F. The Bertz CT molecular complexity index is 506. The van der Waals surface area contributed by atoms with Crippen molar-refractivity contribution in [1.29, 1.82) is 0 Å². The van der Waals surface area contributed by atoms with Crippen LogP contribution in [0.3, 0.4) is 0 Å². The number of non-ortho nitro benzene ring substituents is 1. The van der Waals surface area contributed by atoms with Crippen LogP contribution in [-0.4, -0.2) is 23.3 Å². The van der Waals surface area contributed by atoms with Crippen molar-refractivity contribution in [2.45, 2.75) is 13.8 Å². The molecule has 1 aromatic carbocycles. The first-order chi connectivity index (χ1) is 8.76. The number of alkyl halides is 1. The van der Waals surface area contributed by atoms with E-state index < -0.39 is 22.3 Å². The molecule has 0 spiro atoms. The highest BCUT2D eigenvalue weighted by atomic mass is 35.5. The Morgan fingerprint density at radius 2 is 2.16 bits per heavy atom. The van der Waals surface area contributed by atoms with Gasteiger partial charge in [0.15, 0.2) is 0 Å². The molecule has 0 fully saturated rings. The van der Waals surface area contributed by atoms with Gasteiger partial charge in [0.2, 0.25) is 0 Å². The maximum absolute atomic E-state index is 13.6. The molecule has 0 aliphatic carbocycles. The molecule has 0 aromatic heterocycles. The van der Waals surface area contributed by atoms with Gasteiger partial charge in [0.05, 0.1) is 16.6 Å². The average Bonchev–Trinajstić information content (AvgIpc) is 2.36. The summed E-state index contributed by atoms with van der Waals surface area (Å²) in [6.45, 7) is 3.99. The molecule has 0 bridgehead atoms. The molecule has 0 saturated heterocycles. The number of benzene rings is 1. The van der Waals surface area contributed by atoms with Crippen LogP contribution in [-0.2, 0) is 0 Å². The van der Waals surface area contributed by atoms with Crippen LogP contribution in [0.15, 0.2) is 18.2 Å². The minimum Gasteiger partial charge on any atom is -0.351 e. The number of carbonyl (C=O) groups is 1. The lowest BCUT2D eigenvalue weighted by molar-refractivity contribution is -0.385. The van der Waals surface area contributed by atoms with Gasteiger partial charge in [-0.15, -0.1) is 11.6 Å². The van der Waals surface area contributed by atoms with Gasteiger partial charge in [0.1, 0.15) is 5.82 Å². The number of nitro groups is 1. The highest BCUT2D eigenvalue weighted by molar-refractivity contribution is 6.18. The molecular formula is C12H14ClFN2O3. The van der Waals surface area contributed by atoms with Crippen molar-refractivity contribution in [3.8, 4) is 0 Å². The molecule has 0 atom stereocenters. The van der Waals surface area contributed by atoms with E-state index >= 15 is 0 Å². The zero-order valence-electron chi connectivity index (χ0n) is 10.6. The van der Waals surface area contributed by atoms with E-state index in [1.54, 1.807) is 0 Å². The topological polar surface area (TPSA) is 72.2 Å². The Morgan fingerprint density at radius 3 is 2.63 bits per heavy atom. The quantitative estimate of drug-likeness (QED) is 0.514. The number of hydrogen-bond donors (Lipinski definition) is 1. The molecule has 19 heavy (non-hydrogen) atoms. The monoisotopic (exact) mass is 288 g/mol. The summed E-state index contributed by atoms with van der Waals surface area (Å²) in [6.07, 6.45) is 0. The van der Waals surface area contributed by atoms with E-state index in [9.17, 15) is 19.3 Å². The van der Waals surface area contributed by atoms with Gasteiger partial charge in [0, 0.05) is 18.5 Å². The van der Waals surface area contributed by atoms with Crippen LogP contribution in [0.1, 0.15) is 24.2 Å². The zero-order valence-corrected chi connectivity index (χ0v) is 11.3. The number of hydrogen-bond acceptors (Lipinski definition) is 3. The fourth-order valence-electron chi connectivity index (χ4n) is 1.26. The second-order valence-electron chi connectivity index (χ2n) is 4.90. The van der Waals surface area contributed by atoms with Crippen LogP contribution in [0.2, 0.25) is 0 Å². The van der Waals surface area contributed by atoms with Gasteiger partial charge in [-0.05, 0) is 11.5 Å². The van der Waals surface area contributed by atoms with E-state index in [1.165, 1.54) is 0 Å². The van der Waals surface area contributed by atoms with Crippen molar-refractivity contribution in [2.24, 2.45) is 5.41 Å². The molecule has 0 radical (unpaired) electrons. The maximum atomic E-state index is 13.6. The van der Waals surface area contributed by atoms with Gasteiger partial charge >= 0.3 is 0 Å². The van der Waals surface area contributed by atoms with Crippen molar-refractivity contribution < 1.29 is 14.1 Å². The number of halogens is 2. The summed E-state index contributed by atoms with van der Waals surface area (Å²) in [5.74, 6) is -1.20. The van der Waals surface area contributed by atoms with Gasteiger partial charge in [-0.2, -0.15) is 0 Å². The molecule has 0 aliphatic heterocycles. The summed E-state index contributed by atoms with van der Waals surface area (Å²) in [5.41, 5.74) is -0.930.